The fraction of sp³-hybridized carbons (Fsp3) is 0.231. The van der Waals surface area contributed by atoms with Gasteiger partial charge in [-0.05, 0) is 31.0 Å². The molecule has 2 aromatic rings. The predicted molar refractivity (Wildman–Crippen MR) is 92.0 cm³/mol. The second kappa shape index (κ2) is 6.28. The number of nitrogens with zero attached hydrogens (tertiary/aromatic N) is 3. The Bertz CT molecular complexity index is 889. The largest absolute Gasteiger partial charge is 0.319 e. The molecule has 0 aliphatic carbocycles. The van der Waals surface area contributed by atoms with E-state index in [4.69, 9.17) is 23.2 Å². The highest BCUT2D eigenvalue weighted by atomic mass is 35.5. The van der Waals surface area contributed by atoms with Crippen molar-refractivity contribution in [3.63, 3.8) is 0 Å². The number of rotatable bonds is 3. The lowest BCUT2D eigenvalue weighted by Gasteiger charge is -2.14. The molecule has 1 unspecified atom stereocenters. The SMILES string of the molecule is CP(C)(=O)c1ccccc1S(C)(=O)=Nc1nc(Cl)ncc1Cl. The van der Waals surface area contributed by atoms with Crippen LogP contribution < -0.4 is 5.30 Å². The summed E-state index contributed by atoms with van der Waals surface area (Å²) in [5, 5.41) is 0.637. The summed E-state index contributed by atoms with van der Waals surface area (Å²) >= 11 is 11.7. The number of hydrogen-bond acceptors (Lipinski definition) is 5. The van der Waals surface area contributed by atoms with E-state index in [0.29, 0.717) is 10.2 Å². The molecular formula is C13H14Cl2N3O2PS. The molecule has 0 radical (unpaired) electrons. The van der Waals surface area contributed by atoms with Crippen LogP contribution in [0.2, 0.25) is 10.3 Å². The van der Waals surface area contributed by atoms with Gasteiger partial charge < -0.3 is 4.57 Å². The van der Waals surface area contributed by atoms with Gasteiger partial charge in [0.25, 0.3) is 0 Å². The molecule has 1 aromatic carbocycles. The first-order chi connectivity index (χ1) is 10.1. The normalized spacial score (nSPS) is 14.4. The van der Waals surface area contributed by atoms with Crippen LogP contribution in [0.1, 0.15) is 0 Å². The highest BCUT2D eigenvalue weighted by Gasteiger charge is 2.21. The van der Waals surface area contributed by atoms with Crippen LogP contribution in [0.25, 0.3) is 0 Å². The minimum absolute atomic E-state index is 0.0386. The summed E-state index contributed by atoms with van der Waals surface area (Å²) in [6.07, 6.45) is 2.75. The Labute approximate surface area is 139 Å². The molecule has 0 N–H and O–H groups in total. The van der Waals surface area contributed by atoms with Crippen LogP contribution in [0.5, 0.6) is 0 Å². The molecule has 9 heteroatoms. The van der Waals surface area contributed by atoms with Crippen molar-refractivity contribution in [2.45, 2.75) is 4.90 Å². The monoisotopic (exact) mass is 377 g/mol. The van der Waals surface area contributed by atoms with Crippen LogP contribution in [0.3, 0.4) is 0 Å². The van der Waals surface area contributed by atoms with Crippen molar-refractivity contribution in [2.75, 3.05) is 19.6 Å². The average molecular weight is 378 g/mol. The summed E-state index contributed by atoms with van der Waals surface area (Å²) in [5.74, 6) is 0.0472. The zero-order valence-electron chi connectivity index (χ0n) is 12.2. The first-order valence-electron chi connectivity index (χ1n) is 6.16. The topological polar surface area (TPSA) is 72.3 Å². The van der Waals surface area contributed by atoms with E-state index in [1.54, 1.807) is 37.6 Å². The van der Waals surface area contributed by atoms with Crippen LogP contribution in [0.4, 0.5) is 5.82 Å². The average Bonchev–Trinajstić information content (AvgIpc) is 2.42. The van der Waals surface area contributed by atoms with Crippen molar-refractivity contribution < 1.29 is 8.77 Å². The van der Waals surface area contributed by atoms with Gasteiger partial charge in [0.05, 0.1) is 20.8 Å². The molecule has 0 saturated carbocycles. The maximum atomic E-state index is 13.0. The quantitative estimate of drug-likeness (QED) is 0.601. The highest BCUT2D eigenvalue weighted by Crippen LogP contribution is 2.38. The van der Waals surface area contributed by atoms with Gasteiger partial charge >= 0.3 is 0 Å². The Kier molecular flexibility index (Phi) is 4.97. The smallest absolute Gasteiger partial charge is 0.224 e. The van der Waals surface area contributed by atoms with Gasteiger partial charge in [0.15, 0.2) is 5.82 Å². The van der Waals surface area contributed by atoms with Gasteiger partial charge in [0.2, 0.25) is 5.28 Å². The summed E-state index contributed by atoms with van der Waals surface area (Å²) < 4.78 is 29.6. The Morgan fingerprint density at radius 3 is 2.50 bits per heavy atom. The number of aromatic nitrogens is 2. The summed E-state index contributed by atoms with van der Waals surface area (Å²) in [7, 11) is -5.51. The fourth-order valence-corrected chi connectivity index (χ4v) is 5.72. The summed E-state index contributed by atoms with van der Waals surface area (Å²) in [6, 6.07) is 6.82. The van der Waals surface area contributed by atoms with Crippen LogP contribution in [0.15, 0.2) is 39.7 Å². The third-order valence-corrected chi connectivity index (χ3v) is 6.65. The molecule has 1 aromatic heterocycles. The standard InChI is InChI=1S/C13H14Cl2N3O2PS/c1-21(2,19)10-6-4-5-7-11(10)22(3,20)18-12-9(14)8-16-13(15)17-12/h4-8H,1-3H3. The second-order valence-corrected chi connectivity index (χ2v) is 11.2. The minimum atomic E-state index is -2.90. The van der Waals surface area contributed by atoms with Gasteiger partial charge in [-0.2, -0.15) is 9.35 Å². The van der Waals surface area contributed by atoms with Crippen molar-refractivity contribution in [1.82, 2.24) is 9.97 Å². The maximum Gasteiger partial charge on any atom is 0.224 e. The molecule has 22 heavy (non-hydrogen) atoms. The van der Waals surface area contributed by atoms with E-state index in [1.807, 2.05) is 0 Å². The van der Waals surface area contributed by atoms with Gasteiger partial charge in [0, 0.05) is 11.6 Å². The van der Waals surface area contributed by atoms with E-state index >= 15 is 0 Å². The lowest BCUT2D eigenvalue weighted by molar-refractivity contribution is 0.588. The number of hydrogen-bond donors (Lipinski definition) is 0. The van der Waals surface area contributed by atoms with E-state index in [2.05, 4.69) is 14.3 Å². The van der Waals surface area contributed by atoms with Crippen LogP contribution >= 0.6 is 30.3 Å². The summed E-state index contributed by atoms with van der Waals surface area (Å²) in [4.78, 5) is 8.02. The second-order valence-electron chi connectivity index (χ2n) is 5.02. The molecule has 0 amide bonds. The van der Waals surface area contributed by atoms with E-state index in [1.165, 1.54) is 12.5 Å². The number of benzene rings is 1. The lowest BCUT2D eigenvalue weighted by Crippen LogP contribution is -2.14. The van der Waals surface area contributed by atoms with Crippen molar-refractivity contribution in [3.8, 4) is 0 Å². The first-order valence-corrected chi connectivity index (χ1v) is 11.4. The molecule has 1 heterocycles. The molecule has 118 valence electrons. The maximum absolute atomic E-state index is 13.0. The van der Waals surface area contributed by atoms with Crippen LogP contribution in [-0.4, -0.2) is 33.8 Å². The molecule has 0 bridgehead atoms. The van der Waals surface area contributed by atoms with E-state index in [9.17, 15) is 8.77 Å². The zero-order chi connectivity index (χ0) is 16.5. The molecule has 0 aliphatic heterocycles. The Morgan fingerprint density at radius 1 is 1.23 bits per heavy atom. The summed E-state index contributed by atoms with van der Waals surface area (Å²) in [6.45, 7) is 3.24. The number of halogens is 2. The van der Waals surface area contributed by atoms with Gasteiger partial charge in [0.1, 0.15) is 12.2 Å². The predicted octanol–water partition coefficient (Wildman–Crippen LogP) is 3.82. The van der Waals surface area contributed by atoms with Gasteiger partial charge in [-0.25, -0.2) is 9.19 Å². The molecule has 1 atom stereocenters. The van der Waals surface area contributed by atoms with Gasteiger partial charge in [-0.15, -0.1) is 0 Å². The van der Waals surface area contributed by atoms with Gasteiger partial charge in [-0.1, -0.05) is 29.8 Å². The van der Waals surface area contributed by atoms with Crippen molar-refractivity contribution >= 4 is 51.2 Å². The third kappa shape index (κ3) is 3.87. The van der Waals surface area contributed by atoms with E-state index < -0.39 is 16.9 Å². The minimum Gasteiger partial charge on any atom is -0.319 e. The Hall–Kier alpha value is -0.940. The molecule has 2 rings (SSSR count). The van der Waals surface area contributed by atoms with Crippen LogP contribution in [-0.2, 0) is 14.3 Å². The van der Waals surface area contributed by atoms with Crippen molar-refractivity contribution in [3.05, 3.63) is 40.8 Å². The molecule has 5 nitrogen and oxygen atoms in total. The first kappa shape index (κ1) is 17.4. The molecule has 0 fully saturated rings. The highest BCUT2D eigenvalue weighted by molar-refractivity contribution is 7.93. The van der Waals surface area contributed by atoms with E-state index in [0.717, 1.165) is 0 Å². The van der Waals surface area contributed by atoms with E-state index in [-0.39, 0.29) is 16.1 Å². The van der Waals surface area contributed by atoms with Crippen molar-refractivity contribution in [1.29, 1.82) is 0 Å². The molecule has 0 aliphatic rings. The van der Waals surface area contributed by atoms with Crippen LogP contribution in [0, 0.1) is 0 Å². The Balaban J connectivity index is 2.71. The van der Waals surface area contributed by atoms with Gasteiger partial charge in [-0.3, -0.25) is 0 Å². The molecular weight excluding hydrogens is 364 g/mol. The van der Waals surface area contributed by atoms with Crippen molar-refractivity contribution in [2.24, 2.45) is 4.36 Å². The molecule has 0 spiro atoms. The fourth-order valence-electron chi connectivity index (χ4n) is 1.84. The third-order valence-electron chi connectivity index (χ3n) is 2.81. The summed E-state index contributed by atoms with van der Waals surface area (Å²) in [5.41, 5.74) is 0. The zero-order valence-corrected chi connectivity index (χ0v) is 15.4. The Morgan fingerprint density at radius 2 is 1.86 bits per heavy atom. The lowest BCUT2D eigenvalue weighted by atomic mass is 10.4. The molecule has 0 saturated heterocycles.